The van der Waals surface area contributed by atoms with E-state index in [1.807, 2.05) is 22.6 Å². The Morgan fingerprint density at radius 3 is 2.75 bits per heavy atom. The summed E-state index contributed by atoms with van der Waals surface area (Å²) in [5.41, 5.74) is 1.71. The third-order valence-electron chi connectivity index (χ3n) is 4.02. The average molecular weight is 298 g/mol. The number of carbonyl (C=O) groups is 1. The Morgan fingerprint density at radius 2 is 2.25 bits per heavy atom. The lowest BCUT2D eigenvalue weighted by atomic mass is 9.91. The number of alkyl halides is 1. The summed E-state index contributed by atoms with van der Waals surface area (Å²) < 4.78 is 1.83. The van der Waals surface area contributed by atoms with Gasteiger partial charge >= 0.3 is 0 Å². The highest BCUT2D eigenvalue weighted by atomic mass is 35.5. The maximum atomic E-state index is 12.8. The maximum Gasteiger partial charge on any atom is 0.272 e. The molecule has 0 saturated heterocycles. The molecule has 1 fully saturated rings. The molecule has 1 heterocycles. The zero-order chi connectivity index (χ0) is 14.5. The normalized spacial score (nSPS) is 15.2. The third kappa shape index (κ3) is 3.17. The van der Waals surface area contributed by atoms with Crippen LogP contribution in [0.4, 0.5) is 0 Å². The second-order valence-electron chi connectivity index (χ2n) is 5.32. The lowest BCUT2D eigenvalue weighted by Gasteiger charge is -2.37. The zero-order valence-electron chi connectivity index (χ0n) is 12.4. The average Bonchev–Trinajstić information content (AvgIpc) is 2.83. The molecule has 0 aliphatic heterocycles. The van der Waals surface area contributed by atoms with Crippen molar-refractivity contribution in [1.82, 2.24) is 14.7 Å². The van der Waals surface area contributed by atoms with Crippen LogP contribution in [0.5, 0.6) is 0 Å². The van der Waals surface area contributed by atoms with E-state index in [0.29, 0.717) is 11.9 Å². The topological polar surface area (TPSA) is 38.1 Å². The van der Waals surface area contributed by atoms with Gasteiger partial charge < -0.3 is 4.90 Å². The fourth-order valence-electron chi connectivity index (χ4n) is 2.58. The number of amides is 1. The predicted molar refractivity (Wildman–Crippen MR) is 81.3 cm³/mol. The first kappa shape index (κ1) is 15.4. The number of aromatic nitrogens is 2. The molecule has 0 bridgehead atoms. The Kier molecular flexibility index (Phi) is 5.46. The summed E-state index contributed by atoms with van der Waals surface area (Å²) in [7, 11) is 0. The van der Waals surface area contributed by atoms with E-state index in [0.717, 1.165) is 50.2 Å². The molecule has 4 nitrogen and oxygen atoms in total. The monoisotopic (exact) mass is 297 g/mol. The minimum absolute atomic E-state index is 0.119. The summed E-state index contributed by atoms with van der Waals surface area (Å²) in [6, 6.07) is 2.34. The summed E-state index contributed by atoms with van der Waals surface area (Å²) in [4.78, 5) is 14.8. The van der Waals surface area contributed by atoms with Crippen LogP contribution >= 0.6 is 11.6 Å². The lowest BCUT2D eigenvalue weighted by Crippen LogP contribution is -2.45. The molecule has 0 N–H and O–H groups in total. The van der Waals surface area contributed by atoms with E-state index in [1.54, 1.807) is 0 Å². The van der Waals surface area contributed by atoms with Crippen LogP contribution in [0.2, 0.25) is 0 Å². The highest BCUT2D eigenvalue weighted by molar-refractivity contribution is 6.17. The summed E-state index contributed by atoms with van der Waals surface area (Å²) in [6.45, 7) is 5.57. The SMILES string of the molecule is CCc1cc(C(=O)N(CCCCl)C2CCC2)n(CC)n1. The first-order valence-corrected chi connectivity index (χ1v) is 8.18. The van der Waals surface area contributed by atoms with Gasteiger partial charge in [0.15, 0.2) is 0 Å². The van der Waals surface area contributed by atoms with Gasteiger partial charge in [0.25, 0.3) is 5.91 Å². The molecule has 1 aromatic rings. The molecule has 0 aromatic carbocycles. The number of rotatable bonds is 7. The van der Waals surface area contributed by atoms with Gasteiger partial charge in [-0.1, -0.05) is 6.92 Å². The Bertz CT molecular complexity index is 454. The van der Waals surface area contributed by atoms with Gasteiger partial charge in [-0.2, -0.15) is 5.10 Å². The molecule has 1 aliphatic rings. The van der Waals surface area contributed by atoms with Crippen molar-refractivity contribution in [3.05, 3.63) is 17.5 Å². The minimum Gasteiger partial charge on any atom is -0.334 e. The Hall–Kier alpha value is -1.03. The second-order valence-corrected chi connectivity index (χ2v) is 5.69. The molecule has 112 valence electrons. The van der Waals surface area contributed by atoms with Gasteiger partial charge in [-0.15, -0.1) is 11.6 Å². The van der Waals surface area contributed by atoms with Gasteiger partial charge in [-0.3, -0.25) is 9.48 Å². The smallest absolute Gasteiger partial charge is 0.272 e. The summed E-state index contributed by atoms with van der Waals surface area (Å²) >= 11 is 5.79. The number of carbonyl (C=O) groups excluding carboxylic acids is 1. The molecule has 5 heteroatoms. The highest BCUT2D eigenvalue weighted by Gasteiger charge is 2.30. The third-order valence-corrected chi connectivity index (χ3v) is 4.29. The second kappa shape index (κ2) is 7.11. The van der Waals surface area contributed by atoms with E-state index in [9.17, 15) is 4.79 Å². The zero-order valence-corrected chi connectivity index (χ0v) is 13.2. The van der Waals surface area contributed by atoms with Crippen molar-refractivity contribution in [3.8, 4) is 0 Å². The molecule has 1 amide bonds. The van der Waals surface area contributed by atoms with Crippen molar-refractivity contribution < 1.29 is 4.79 Å². The van der Waals surface area contributed by atoms with E-state index < -0.39 is 0 Å². The van der Waals surface area contributed by atoms with Crippen LogP contribution in [0, 0.1) is 0 Å². The van der Waals surface area contributed by atoms with Crippen molar-refractivity contribution in [1.29, 1.82) is 0 Å². The van der Waals surface area contributed by atoms with Crippen LogP contribution in [-0.4, -0.2) is 39.1 Å². The van der Waals surface area contributed by atoms with Gasteiger partial charge in [-0.05, 0) is 45.1 Å². The molecule has 1 aromatic heterocycles. The molecule has 20 heavy (non-hydrogen) atoms. The molecule has 0 atom stereocenters. The van der Waals surface area contributed by atoms with Crippen LogP contribution in [-0.2, 0) is 13.0 Å². The molecule has 0 spiro atoms. The largest absolute Gasteiger partial charge is 0.334 e. The maximum absolute atomic E-state index is 12.8. The lowest BCUT2D eigenvalue weighted by molar-refractivity contribution is 0.0568. The standard InChI is InChI=1S/C15H24ClN3O/c1-3-12-11-14(19(4-2)17-12)15(20)18(10-6-9-16)13-7-5-8-13/h11,13H,3-10H2,1-2H3. The van der Waals surface area contributed by atoms with E-state index in [2.05, 4.69) is 12.0 Å². The number of nitrogens with zero attached hydrogens (tertiary/aromatic N) is 3. The summed E-state index contributed by atoms with van der Waals surface area (Å²) in [6.07, 6.45) is 5.18. The fourth-order valence-corrected chi connectivity index (χ4v) is 2.70. The van der Waals surface area contributed by atoms with Crippen molar-refractivity contribution >= 4 is 17.5 Å². The Morgan fingerprint density at radius 1 is 1.50 bits per heavy atom. The van der Waals surface area contributed by atoms with Crippen molar-refractivity contribution in [2.24, 2.45) is 0 Å². The predicted octanol–water partition coefficient (Wildman–Crippen LogP) is 3.09. The Labute approximate surface area is 126 Å². The summed E-state index contributed by atoms with van der Waals surface area (Å²) in [5, 5.41) is 4.48. The number of hydrogen-bond acceptors (Lipinski definition) is 2. The van der Waals surface area contributed by atoms with Crippen LogP contribution < -0.4 is 0 Å². The van der Waals surface area contributed by atoms with Crippen molar-refractivity contribution in [2.45, 2.75) is 58.5 Å². The van der Waals surface area contributed by atoms with Gasteiger partial charge in [-0.25, -0.2) is 0 Å². The van der Waals surface area contributed by atoms with Crippen LogP contribution in [0.15, 0.2) is 6.07 Å². The van der Waals surface area contributed by atoms with E-state index in [-0.39, 0.29) is 5.91 Å². The quantitative estimate of drug-likeness (QED) is 0.725. The van der Waals surface area contributed by atoms with Gasteiger partial charge in [0.1, 0.15) is 5.69 Å². The van der Waals surface area contributed by atoms with Crippen LogP contribution in [0.25, 0.3) is 0 Å². The van der Waals surface area contributed by atoms with Gasteiger partial charge in [0, 0.05) is 25.0 Å². The van der Waals surface area contributed by atoms with Crippen LogP contribution in [0.3, 0.4) is 0 Å². The fraction of sp³-hybridized carbons (Fsp3) is 0.733. The minimum atomic E-state index is 0.119. The first-order chi connectivity index (χ1) is 9.71. The van der Waals surface area contributed by atoms with E-state index >= 15 is 0 Å². The van der Waals surface area contributed by atoms with Gasteiger partial charge in [0.2, 0.25) is 0 Å². The number of aryl methyl sites for hydroxylation is 2. The van der Waals surface area contributed by atoms with E-state index in [1.165, 1.54) is 6.42 Å². The van der Waals surface area contributed by atoms with Crippen molar-refractivity contribution in [3.63, 3.8) is 0 Å². The van der Waals surface area contributed by atoms with E-state index in [4.69, 9.17) is 11.6 Å². The molecular weight excluding hydrogens is 274 g/mol. The molecule has 0 radical (unpaired) electrons. The number of halogens is 1. The Balaban J connectivity index is 2.19. The highest BCUT2D eigenvalue weighted by Crippen LogP contribution is 2.26. The summed E-state index contributed by atoms with van der Waals surface area (Å²) in [5.74, 6) is 0.720. The van der Waals surface area contributed by atoms with Crippen molar-refractivity contribution in [2.75, 3.05) is 12.4 Å². The molecule has 2 rings (SSSR count). The molecule has 0 unspecified atom stereocenters. The molecular formula is C15H24ClN3O. The molecule has 1 aliphatic carbocycles. The van der Waals surface area contributed by atoms with Gasteiger partial charge in [0.05, 0.1) is 5.69 Å². The van der Waals surface area contributed by atoms with Crippen LogP contribution in [0.1, 0.15) is 55.7 Å². The number of hydrogen-bond donors (Lipinski definition) is 0. The first-order valence-electron chi connectivity index (χ1n) is 7.64. The molecule has 1 saturated carbocycles.